The van der Waals surface area contributed by atoms with Crippen LogP contribution in [0.2, 0.25) is 0 Å². The highest BCUT2D eigenvalue weighted by Crippen LogP contribution is 1.84. The summed E-state index contributed by atoms with van der Waals surface area (Å²) in [6.07, 6.45) is 0. The second kappa shape index (κ2) is 20.3. The lowest BCUT2D eigenvalue weighted by atomic mass is 10.8. The van der Waals surface area contributed by atoms with Crippen LogP contribution in [0.3, 0.4) is 0 Å². The van der Waals surface area contributed by atoms with Crippen molar-refractivity contribution in [2.24, 2.45) is 0 Å². The molecular weight excluding hydrogens is 448 g/mol. The Morgan fingerprint density at radius 3 is 0.857 bits per heavy atom. The van der Waals surface area contributed by atoms with E-state index < -0.39 is 0 Å². The van der Waals surface area contributed by atoms with E-state index in [1.807, 2.05) is 0 Å². The van der Waals surface area contributed by atoms with E-state index in [2.05, 4.69) is 63.7 Å². The first-order chi connectivity index (χ1) is 6.83. The Morgan fingerprint density at radius 1 is 0.500 bits per heavy atom. The van der Waals surface area contributed by atoms with E-state index >= 15 is 0 Å². The monoisotopic (exact) mass is 460 g/mol. The number of alkyl halides is 4. The third-order valence-corrected chi connectivity index (χ3v) is 2.18. The molecule has 0 unspecified atom stereocenters. The molecule has 0 radical (unpaired) electrons. The molecule has 0 saturated heterocycles. The van der Waals surface area contributed by atoms with E-state index in [-0.39, 0.29) is 0 Å². The van der Waals surface area contributed by atoms with E-state index in [0.717, 1.165) is 47.7 Å². The second-order valence-electron chi connectivity index (χ2n) is 1.98. The van der Waals surface area contributed by atoms with Gasteiger partial charge in [0, 0.05) is 21.3 Å². The zero-order valence-corrected chi connectivity index (χ0v) is 14.3. The maximum absolute atomic E-state index is 5.04. The Morgan fingerprint density at radius 2 is 0.714 bits per heavy atom. The Kier molecular flexibility index (Phi) is 26.4. The van der Waals surface area contributed by atoms with Crippen molar-refractivity contribution in [3.63, 3.8) is 0 Å². The molecule has 0 spiro atoms. The molecule has 0 bridgehead atoms. The zero-order valence-electron chi connectivity index (χ0n) is 7.99. The minimum absolute atomic E-state index is 0.811. The molecule has 0 fully saturated rings. The van der Waals surface area contributed by atoms with Crippen molar-refractivity contribution < 1.29 is 9.47 Å². The van der Waals surface area contributed by atoms with Crippen molar-refractivity contribution in [3.8, 4) is 0 Å². The lowest BCUT2D eigenvalue weighted by molar-refractivity contribution is 0.168. The van der Waals surface area contributed by atoms with Crippen LogP contribution in [0.4, 0.5) is 0 Å². The summed E-state index contributed by atoms with van der Waals surface area (Å²) < 4.78 is 10.1. The third-order valence-electron chi connectivity index (χ3n) is 0.886. The van der Waals surface area contributed by atoms with E-state index in [1.165, 1.54) is 0 Å². The van der Waals surface area contributed by atoms with Gasteiger partial charge in [0.25, 0.3) is 0 Å². The molecule has 0 N–H and O–H groups in total. The molecule has 0 aromatic rings. The highest BCUT2D eigenvalue weighted by molar-refractivity contribution is 9.09. The summed E-state index contributed by atoms with van der Waals surface area (Å²) in [6, 6.07) is 0. The van der Waals surface area contributed by atoms with Crippen molar-refractivity contribution in [1.29, 1.82) is 0 Å². The van der Waals surface area contributed by atoms with Gasteiger partial charge in [-0.3, -0.25) is 0 Å². The fourth-order valence-corrected chi connectivity index (χ4v) is 1.34. The Labute approximate surface area is 120 Å². The lowest BCUT2D eigenvalue weighted by Gasteiger charge is -1.93. The maximum Gasteiger partial charge on any atom is 0.0563 e. The first-order valence-electron chi connectivity index (χ1n) is 4.22. The summed E-state index contributed by atoms with van der Waals surface area (Å²) in [6.45, 7) is 3.24. The van der Waals surface area contributed by atoms with Crippen LogP contribution in [0.25, 0.3) is 0 Å². The predicted octanol–water partition coefficient (Wildman–Crippen LogP) is 3.59. The summed E-state index contributed by atoms with van der Waals surface area (Å²) in [5, 5.41) is 3.72. The van der Waals surface area contributed by atoms with Crippen molar-refractivity contribution in [3.05, 3.63) is 0 Å². The van der Waals surface area contributed by atoms with Crippen molar-refractivity contribution in [2.45, 2.75) is 0 Å². The van der Waals surface area contributed by atoms with Gasteiger partial charge in [0.05, 0.1) is 26.4 Å². The molecule has 0 aliphatic rings. The first-order valence-corrected chi connectivity index (χ1v) is 8.71. The van der Waals surface area contributed by atoms with Gasteiger partial charge in [-0.15, -0.1) is 0 Å². The van der Waals surface area contributed by atoms with Crippen molar-refractivity contribution in [1.82, 2.24) is 0 Å². The summed E-state index contributed by atoms with van der Waals surface area (Å²) in [4.78, 5) is 0. The molecule has 0 rings (SSSR count). The molecule has 88 valence electrons. The minimum atomic E-state index is 0.811. The maximum atomic E-state index is 5.04. The second-order valence-corrected chi connectivity index (χ2v) is 5.15. The SMILES string of the molecule is BrCCOCCBr.BrCCOCCBr. The number of halogens is 4. The van der Waals surface area contributed by atoms with Crippen LogP contribution in [-0.2, 0) is 9.47 Å². The van der Waals surface area contributed by atoms with E-state index in [4.69, 9.17) is 9.47 Å². The van der Waals surface area contributed by atoms with E-state index in [9.17, 15) is 0 Å². The quantitative estimate of drug-likeness (QED) is 0.405. The summed E-state index contributed by atoms with van der Waals surface area (Å²) in [5.74, 6) is 0. The van der Waals surface area contributed by atoms with E-state index in [1.54, 1.807) is 0 Å². The molecule has 0 saturated carbocycles. The molecule has 0 aliphatic heterocycles. The third kappa shape index (κ3) is 23.6. The summed E-state index contributed by atoms with van der Waals surface area (Å²) in [7, 11) is 0. The Balaban J connectivity index is 0. The number of rotatable bonds is 8. The highest BCUT2D eigenvalue weighted by Gasteiger charge is 1.80. The Bertz CT molecular complexity index is 67.7. The van der Waals surface area contributed by atoms with Crippen LogP contribution >= 0.6 is 63.7 Å². The van der Waals surface area contributed by atoms with Gasteiger partial charge in [0.15, 0.2) is 0 Å². The largest absolute Gasteiger partial charge is 0.380 e. The molecule has 0 aromatic heterocycles. The van der Waals surface area contributed by atoms with Gasteiger partial charge in [-0.05, 0) is 0 Å². The van der Waals surface area contributed by atoms with Gasteiger partial charge in [-0.1, -0.05) is 63.7 Å². The van der Waals surface area contributed by atoms with Gasteiger partial charge in [-0.25, -0.2) is 0 Å². The number of hydrogen-bond donors (Lipinski definition) is 0. The Hall–Kier alpha value is 1.84. The molecule has 6 heteroatoms. The normalized spacial score (nSPS) is 9.43. The van der Waals surface area contributed by atoms with Crippen LogP contribution in [-0.4, -0.2) is 47.7 Å². The average Bonchev–Trinajstić information content (AvgIpc) is 2.21. The fourth-order valence-electron chi connectivity index (χ4n) is 0.422. The zero-order chi connectivity index (χ0) is 11.1. The van der Waals surface area contributed by atoms with Crippen LogP contribution in [0.1, 0.15) is 0 Å². The molecule has 0 aromatic carbocycles. The van der Waals surface area contributed by atoms with Crippen molar-refractivity contribution in [2.75, 3.05) is 47.7 Å². The summed E-state index contributed by atoms with van der Waals surface area (Å²) >= 11 is 13.0. The van der Waals surface area contributed by atoms with E-state index in [0.29, 0.717) is 0 Å². The molecule has 0 aliphatic carbocycles. The molecule has 0 heterocycles. The van der Waals surface area contributed by atoms with Crippen LogP contribution in [0.5, 0.6) is 0 Å². The average molecular weight is 464 g/mol. The van der Waals surface area contributed by atoms with Gasteiger partial charge < -0.3 is 9.47 Å². The number of hydrogen-bond acceptors (Lipinski definition) is 2. The lowest BCUT2D eigenvalue weighted by Crippen LogP contribution is -1.97. The summed E-state index contributed by atoms with van der Waals surface area (Å²) in [5.41, 5.74) is 0. The van der Waals surface area contributed by atoms with Gasteiger partial charge in [0.1, 0.15) is 0 Å². The smallest absolute Gasteiger partial charge is 0.0563 e. The molecule has 0 amide bonds. The highest BCUT2D eigenvalue weighted by atomic mass is 79.9. The van der Waals surface area contributed by atoms with Crippen LogP contribution in [0.15, 0.2) is 0 Å². The standard InChI is InChI=1S/2C4H8Br2O/c2*5-1-3-7-4-2-6/h2*1-4H2. The van der Waals surface area contributed by atoms with Gasteiger partial charge >= 0.3 is 0 Å². The number of ether oxygens (including phenoxy) is 2. The molecule has 14 heavy (non-hydrogen) atoms. The molecular formula is C8H16Br4O2. The van der Waals surface area contributed by atoms with Crippen LogP contribution in [0, 0.1) is 0 Å². The fraction of sp³-hybridized carbons (Fsp3) is 1.00. The van der Waals surface area contributed by atoms with Crippen LogP contribution < -0.4 is 0 Å². The first kappa shape index (κ1) is 18.2. The molecule has 0 atom stereocenters. The van der Waals surface area contributed by atoms with Gasteiger partial charge in [0.2, 0.25) is 0 Å². The predicted molar refractivity (Wildman–Crippen MR) is 76.8 cm³/mol. The topological polar surface area (TPSA) is 18.5 Å². The van der Waals surface area contributed by atoms with Crippen molar-refractivity contribution >= 4 is 63.7 Å². The van der Waals surface area contributed by atoms with Gasteiger partial charge in [-0.2, -0.15) is 0 Å². The molecule has 2 nitrogen and oxygen atoms in total. The minimum Gasteiger partial charge on any atom is -0.380 e.